The van der Waals surface area contributed by atoms with Crippen LogP contribution in [0.1, 0.15) is 41.5 Å². The van der Waals surface area contributed by atoms with E-state index in [4.69, 9.17) is 18.9 Å². The maximum atomic E-state index is 5.52. The molecule has 0 aliphatic carbocycles. The molecule has 4 heteroatoms. The summed E-state index contributed by atoms with van der Waals surface area (Å²) in [6.45, 7) is 17.6. The molecule has 0 aromatic heterocycles. The number of hydrogen-bond donors (Lipinski definition) is 0. The Bertz CT molecular complexity index is 225. The van der Waals surface area contributed by atoms with Crippen molar-refractivity contribution >= 4 is 0 Å². The summed E-state index contributed by atoms with van der Waals surface area (Å²) in [4.78, 5) is 0. The van der Waals surface area contributed by atoms with Crippen LogP contribution in [-0.4, -0.2) is 51.8 Å². The molecule has 2 saturated heterocycles. The largest absolute Gasteiger partial charge is 0.376 e. The third kappa shape index (κ3) is 6.53. The van der Waals surface area contributed by atoms with Crippen LogP contribution in [0.4, 0.5) is 0 Å². The molecular weight excluding hydrogens is 256 g/mol. The van der Waals surface area contributed by atoms with Crippen LogP contribution in [0.5, 0.6) is 0 Å². The second-order valence-electron chi connectivity index (χ2n) is 7.60. The Kier molecular flexibility index (Phi) is 6.92. The fourth-order valence-electron chi connectivity index (χ4n) is 1.98. The van der Waals surface area contributed by atoms with E-state index in [1.807, 2.05) is 0 Å². The zero-order valence-electron chi connectivity index (χ0n) is 14.0. The van der Waals surface area contributed by atoms with Crippen molar-refractivity contribution in [2.45, 2.75) is 53.8 Å². The van der Waals surface area contributed by atoms with Crippen LogP contribution in [0.25, 0.3) is 0 Å². The molecule has 0 N–H and O–H groups in total. The molecule has 0 aromatic rings. The first kappa shape index (κ1) is 17.9. The molecule has 0 aromatic carbocycles. The molecule has 2 aliphatic heterocycles. The highest BCUT2D eigenvalue weighted by molar-refractivity contribution is 4.76. The summed E-state index contributed by atoms with van der Waals surface area (Å²) in [5, 5.41) is 0. The summed E-state index contributed by atoms with van der Waals surface area (Å²) in [6.07, 6.45) is 0.558. The van der Waals surface area contributed by atoms with Crippen LogP contribution < -0.4 is 0 Å². The number of ether oxygens (including phenoxy) is 4. The summed E-state index contributed by atoms with van der Waals surface area (Å²) in [6, 6.07) is 0. The van der Waals surface area contributed by atoms with Crippen LogP contribution >= 0.6 is 0 Å². The van der Waals surface area contributed by atoms with Crippen molar-refractivity contribution in [2.24, 2.45) is 10.8 Å². The molecule has 0 spiro atoms. The Morgan fingerprint density at radius 3 is 1.10 bits per heavy atom. The molecule has 2 rings (SSSR count). The maximum absolute atomic E-state index is 5.52. The van der Waals surface area contributed by atoms with E-state index in [0.29, 0.717) is 0 Å². The van der Waals surface area contributed by atoms with Crippen LogP contribution in [0.3, 0.4) is 0 Å². The molecule has 20 heavy (non-hydrogen) atoms. The zero-order valence-corrected chi connectivity index (χ0v) is 14.0. The van der Waals surface area contributed by atoms with Gasteiger partial charge in [0.1, 0.15) is 0 Å². The van der Waals surface area contributed by atoms with Crippen LogP contribution in [-0.2, 0) is 18.9 Å². The van der Waals surface area contributed by atoms with Gasteiger partial charge in [-0.1, -0.05) is 41.5 Å². The zero-order chi connectivity index (χ0) is 15.2. The monoisotopic (exact) mass is 288 g/mol. The van der Waals surface area contributed by atoms with Gasteiger partial charge in [0.25, 0.3) is 0 Å². The van der Waals surface area contributed by atoms with Gasteiger partial charge in [0, 0.05) is 0 Å². The Balaban J connectivity index is 0.000000200. The minimum absolute atomic E-state index is 0.223. The van der Waals surface area contributed by atoms with Gasteiger partial charge in [0.15, 0.2) is 0 Å². The van der Waals surface area contributed by atoms with Gasteiger partial charge >= 0.3 is 0 Å². The van der Waals surface area contributed by atoms with E-state index in [1.165, 1.54) is 0 Å². The van der Waals surface area contributed by atoms with Crippen molar-refractivity contribution in [2.75, 3.05) is 39.6 Å². The van der Waals surface area contributed by atoms with Crippen molar-refractivity contribution in [3.8, 4) is 0 Å². The molecule has 0 unspecified atom stereocenters. The Labute approximate surface area is 124 Å². The van der Waals surface area contributed by atoms with Gasteiger partial charge in [0.05, 0.1) is 51.8 Å². The van der Waals surface area contributed by atoms with E-state index in [0.717, 1.165) is 39.6 Å². The minimum atomic E-state index is 0.223. The van der Waals surface area contributed by atoms with Gasteiger partial charge < -0.3 is 18.9 Å². The lowest BCUT2D eigenvalue weighted by molar-refractivity contribution is -0.128. The van der Waals surface area contributed by atoms with Gasteiger partial charge in [-0.25, -0.2) is 0 Å². The van der Waals surface area contributed by atoms with E-state index in [2.05, 4.69) is 41.5 Å². The highest BCUT2D eigenvalue weighted by atomic mass is 16.6. The predicted octanol–water partition coefficient (Wildman–Crippen LogP) is 2.90. The summed E-state index contributed by atoms with van der Waals surface area (Å²) >= 11 is 0. The average Bonchev–Trinajstić information content (AvgIpc) is 2.40. The summed E-state index contributed by atoms with van der Waals surface area (Å²) in [5.41, 5.74) is 0.445. The van der Waals surface area contributed by atoms with E-state index >= 15 is 0 Å². The van der Waals surface area contributed by atoms with Crippen LogP contribution in [0, 0.1) is 10.8 Å². The molecule has 0 radical (unpaired) electrons. The highest BCUT2D eigenvalue weighted by Crippen LogP contribution is 2.24. The van der Waals surface area contributed by atoms with Gasteiger partial charge in [0.2, 0.25) is 0 Å². The molecule has 2 aliphatic rings. The fraction of sp³-hybridized carbons (Fsp3) is 1.00. The van der Waals surface area contributed by atoms with Crippen molar-refractivity contribution in [3.05, 3.63) is 0 Å². The van der Waals surface area contributed by atoms with Gasteiger partial charge in [-0.15, -0.1) is 0 Å². The summed E-state index contributed by atoms with van der Waals surface area (Å²) in [5.74, 6) is 0. The van der Waals surface area contributed by atoms with Crippen LogP contribution in [0.15, 0.2) is 0 Å². The standard InChI is InChI=1S/2C8H16O2/c2*1-8(2,3)7-6-9-4-5-10-7/h2*7H,4-6H2,1-3H3/t2*7-/m10/s1. The first-order valence-electron chi connectivity index (χ1n) is 7.60. The molecule has 120 valence electrons. The summed E-state index contributed by atoms with van der Waals surface area (Å²) < 4.78 is 21.6. The molecule has 0 saturated carbocycles. The molecule has 4 nitrogen and oxygen atoms in total. The molecule has 2 heterocycles. The first-order chi connectivity index (χ1) is 9.21. The van der Waals surface area contributed by atoms with Gasteiger partial charge in [-0.3, -0.25) is 0 Å². The first-order valence-corrected chi connectivity index (χ1v) is 7.60. The second-order valence-corrected chi connectivity index (χ2v) is 7.60. The van der Waals surface area contributed by atoms with E-state index in [-0.39, 0.29) is 23.0 Å². The van der Waals surface area contributed by atoms with Gasteiger partial charge in [-0.05, 0) is 10.8 Å². The Morgan fingerprint density at radius 1 is 0.600 bits per heavy atom. The number of hydrogen-bond acceptors (Lipinski definition) is 4. The fourth-order valence-corrected chi connectivity index (χ4v) is 1.98. The molecule has 2 atom stereocenters. The summed E-state index contributed by atoms with van der Waals surface area (Å²) in [7, 11) is 0. The second kappa shape index (κ2) is 7.74. The predicted molar refractivity (Wildman–Crippen MR) is 80.0 cm³/mol. The Morgan fingerprint density at radius 2 is 0.950 bits per heavy atom. The molecular formula is C16H32O4. The topological polar surface area (TPSA) is 36.9 Å². The molecule has 0 bridgehead atoms. The van der Waals surface area contributed by atoms with E-state index in [1.54, 1.807) is 0 Å². The third-order valence-electron chi connectivity index (χ3n) is 3.56. The van der Waals surface area contributed by atoms with Crippen molar-refractivity contribution in [1.82, 2.24) is 0 Å². The van der Waals surface area contributed by atoms with Crippen molar-refractivity contribution < 1.29 is 18.9 Å². The number of rotatable bonds is 0. The maximum Gasteiger partial charge on any atom is 0.0857 e. The lowest BCUT2D eigenvalue weighted by Crippen LogP contribution is -2.38. The quantitative estimate of drug-likeness (QED) is 0.687. The lowest BCUT2D eigenvalue weighted by Gasteiger charge is -2.33. The van der Waals surface area contributed by atoms with Gasteiger partial charge in [-0.2, -0.15) is 0 Å². The average molecular weight is 288 g/mol. The van der Waals surface area contributed by atoms with Crippen molar-refractivity contribution in [1.29, 1.82) is 0 Å². The third-order valence-corrected chi connectivity index (χ3v) is 3.56. The minimum Gasteiger partial charge on any atom is -0.376 e. The van der Waals surface area contributed by atoms with Crippen LogP contribution in [0.2, 0.25) is 0 Å². The normalized spacial score (nSPS) is 28.5. The molecule has 2 fully saturated rings. The van der Waals surface area contributed by atoms with E-state index in [9.17, 15) is 0 Å². The SMILES string of the molecule is CC(C)(C)[C@@H]1COCCO1.CC(C)(C)[C@H]1COCCO1. The Hall–Kier alpha value is -0.160. The highest BCUT2D eigenvalue weighted by Gasteiger charge is 2.28. The van der Waals surface area contributed by atoms with Crippen molar-refractivity contribution in [3.63, 3.8) is 0 Å². The van der Waals surface area contributed by atoms with E-state index < -0.39 is 0 Å². The smallest absolute Gasteiger partial charge is 0.0857 e. The molecule has 0 amide bonds. The lowest BCUT2D eigenvalue weighted by atomic mass is 9.89.